The summed E-state index contributed by atoms with van der Waals surface area (Å²) in [5.74, 6) is -0.111. The van der Waals surface area contributed by atoms with E-state index in [1.165, 1.54) is 6.92 Å². The lowest BCUT2D eigenvalue weighted by Crippen LogP contribution is -2.33. The second kappa shape index (κ2) is 9.16. The first-order chi connectivity index (χ1) is 15.0. The third-order valence-electron chi connectivity index (χ3n) is 5.90. The Morgan fingerprint density at radius 1 is 1.00 bits per heavy atom. The van der Waals surface area contributed by atoms with Gasteiger partial charge in [0.1, 0.15) is 0 Å². The van der Waals surface area contributed by atoms with Crippen LogP contribution in [0.1, 0.15) is 48.9 Å². The van der Waals surface area contributed by atoms with Crippen molar-refractivity contribution in [3.63, 3.8) is 0 Å². The van der Waals surface area contributed by atoms with Crippen LogP contribution in [0, 0.1) is 0 Å². The third kappa shape index (κ3) is 4.85. The zero-order chi connectivity index (χ0) is 21.8. The standard InChI is InChI=1S/C25H27N3O3/c1-18(29)28-15-12-20-6-2-3-7-22(20)23(28)17-24(30)26-21-10-8-19(9-11-21)16-25(31)27-13-4-5-14-27/h2-3,6-12,15,23H,4-5,13-14,16-17H2,1H3,(H,26,30). The van der Waals surface area contributed by atoms with Crippen LogP contribution in [0.25, 0.3) is 6.08 Å². The molecule has 1 fully saturated rings. The number of hydrogen-bond acceptors (Lipinski definition) is 3. The number of carbonyl (C=O) groups is 3. The number of benzene rings is 2. The van der Waals surface area contributed by atoms with Gasteiger partial charge in [-0.15, -0.1) is 0 Å². The predicted octanol–water partition coefficient (Wildman–Crippen LogP) is 3.75. The van der Waals surface area contributed by atoms with Gasteiger partial charge in [0.25, 0.3) is 0 Å². The van der Waals surface area contributed by atoms with Crippen molar-refractivity contribution in [1.29, 1.82) is 0 Å². The molecule has 1 N–H and O–H groups in total. The minimum atomic E-state index is -0.337. The third-order valence-corrected chi connectivity index (χ3v) is 5.90. The number of hydrogen-bond donors (Lipinski definition) is 1. The normalized spacial score (nSPS) is 17.4. The molecule has 3 amide bonds. The smallest absolute Gasteiger partial charge is 0.226 e. The number of amides is 3. The van der Waals surface area contributed by atoms with Gasteiger partial charge >= 0.3 is 0 Å². The first-order valence-electron chi connectivity index (χ1n) is 10.7. The SMILES string of the molecule is CC(=O)N1C=Cc2ccccc2C1CC(=O)Nc1ccc(CC(=O)N2CCCC2)cc1. The van der Waals surface area contributed by atoms with Gasteiger partial charge in [0.15, 0.2) is 0 Å². The molecule has 0 aliphatic carbocycles. The number of nitrogens with zero attached hydrogens (tertiary/aromatic N) is 2. The molecule has 1 saturated heterocycles. The van der Waals surface area contributed by atoms with E-state index in [4.69, 9.17) is 0 Å². The molecule has 1 atom stereocenters. The predicted molar refractivity (Wildman–Crippen MR) is 120 cm³/mol. The van der Waals surface area contributed by atoms with Crippen LogP contribution >= 0.6 is 0 Å². The summed E-state index contributed by atoms with van der Waals surface area (Å²) in [6, 6.07) is 14.9. The lowest BCUT2D eigenvalue weighted by molar-refractivity contribution is -0.130. The van der Waals surface area contributed by atoms with Crippen LogP contribution in [0.4, 0.5) is 5.69 Å². The number of likely N-dealkylation sites (tertiary alicyclic amines) is 1. The fourth-order valence-corrected chi connectivity index (χ4v) is 4.26. The maximum atomic E-state index is 12.8. The summed E-state index contributed by atoms with van der Waals surface area (Å²) >= 11 is 0. The quantitative estimate of drug-likeness (QED) is 0.805. The van der Waals surface area contributed by atoms with Gasteiger partial charge in [-0.3, -0.25) is 14.4 Å². The molecule has 0 saturated carbocycles. The Morgan fingerprint density at radius 2 is 1.71 bits per heavy atom. The number of carbonyl (C=O) groups excluding carboxylic acids is 3. The molecule has 2 aliphatic rings. The summed E-state index contributed by atoms with van der Waals surface area (Å²) in [5, 5.41) is 2.92. The average molecular weight is 418 g/mol. The zero-order valence-electron chi connectivity index (χ0n) is 17.7. The van der Waals surface area contributed by atoms with Gasteiger partial charge < -0.3 is 15.1 Å². The van der Waals surface area contributed by atoms with Gasteiger partial charge in [-0.1, -0.05) is 36.4 Å². The van der Waals surface area contributed by atoms with Gasteiger partial charge in [-0.05, 0) is 47.7 Å². The molecule has 6 nitrogen and oxygen atoms in total. The molecule has 2 aromatic carbocycles. The van der Waals surface area contributed by atoms with Crippen LogP contribution in [0.15, 0.2) is 54.7 Å². The average Bonchev–Trinajstić information content (AvgIpc) is 3.30. The van der Waals surface area contributed by atoms with Gasteiger partial charge in [-0.25, -0.2) is 0 Å². The molecule has 0 bridgehead atoms. The van der Waals surface area contributed by atoms with E-state index in [1.54, 1.807) is 11.1 Å². The van der Waals surface area contributed by atoms with E-state index < -0.39 is 0 Å². The summed E-state index contributed by atoms with van der Waals surface area (Å²) < 4.78 is 0. The van der Waals surface area contributed by atoms with Gasteiger partial charge in [0.05, 0.1) is 18.9 Å². The molecular weight excluding hydrogens is 390 g/mol. The van der Waals surface area contributed by atoms with E-state index in [2.05, 4.69) is 5.32 Å². The maximum Gasteiger partial charge on any atom is 0.226 e. The lowest BCUT2D eigenvalue weighted by Gasteiger charge is -2.32. The molecule has 0 radical (unpaired) electrons. The minimum absolute atomic E-state index is 0.101. The van der Waals surface area contributed by atoms with E-state index in [-0.39, 0.29) is 30.2 Å². The number of nitrogens with one attached hydrogen (secondary N) is 1. The lowest BCUT2D eigenvalue weighted by atomic mass is 9.93. The van der Waals surface area contributed by atoms with Crippen molar-refractivity contribution in [2.75, 3.05) is 18.4 Å². The zero-order valence-corrected chi connectivity index (χ0v) is 17.7. The van der Waals surface area contributed by atoms with Gasteiger partial charge in [0.2, 0.25) is 17.7 Å². The first-order valence-corrected chi connectivity index (χ1v) is 10.7. The van der Waals surface area contributed by atoms with Gasteiger partial charge in [-0.2, -0.15) is 0 Å². The van der Waals surface area contributed by atoms with Crippen LogP contribution in [-0.4, -0.2) is 40.6 Å². The van der Waals surface area contributed by atoms with Crippen molar-refractivity contribution in [2.24, 2.45) is 0 Å². The van der Waals surface area contributed by atoms with Crippen LogP contribution in [0.3, 0.4) is 0 Å². The molecule has 1 unspecified atom stereocenters. The van der Waals surface area contributed by atoms with Crippen LogP contribution in [0.5, 0.6) is 0 Å². The van der Waals surface area contributed by atoms with Crippen LogP contribution < -0.4 is 5.32 Å². The summed E-state index contributed by atoms with van der Waals surface area (Å²) in [6.07, 6.45) is 6.35. The van der Waals surface area contributed by atoms with Crippen molar-refractivity contribution in [2.45, 2.75) is 38.6 Å². The first kappa shape index (κ1) is 20.8. The fraction of sp³-hybridized carbons (Fsp3) is 0.320. The number of fused-ring (bicyclic) bond motifs is 1. The van der Waals surface area contributed by atoms with Crippen LogP contribution in [0.2, 0.25) is 0 Å². The Bertz CT molecular complexity index is 1010. The summed E-state index contributed by atoms with van der Waals surface area (Å²) in [6.45, 7) is 3.21. The molecule has 2 heterocycles. The van der Waals surface area contributed by atoms with Crippen molar-refractivity contribution < 1.29 is 14.4 Å². The highest BCUT2D eigenvalue weighted by atomic mass is 16.2. The topological polar surface area (TPSA) is 69.7 Å². The number of anilines is 1. The molecule has 0 aromatic heterocycles. The largest absolute Gasteiger partial charge is 0.342 e. The van der Waals surface area contributed by atoms with Crippen LogP contribution in [-0.2, 0) is 20.8 Å². The van der Waals surface area contributed by atoms with Crippen molar-refractivity contribution >= 4 is 29.5 Å². The second-order valence-corrected chi connectivity index (χ2v) is 8.10. The number of rotatable bonds is 5. The summed E-state index contributed by atoms with van der Waals surface area (Å²) in [7, 11) is 0. The fourth-order valence-electron chi connectivity index (χ4n) is 4.26. The molecule has 31 heavy (non-hydrogen) atoms. The molecule has 2 aromatic rings. The molecule has 2 aliphatic heterocycles. The minimum Gasteiger partial charge on any atom is -0.342 e. The summed E-state index contributed by atoms with van der Waals surface area (Å²) in [4.78, 5) is 40.7. The maximum absolute atomic E-state index is 12.8. The van der Waals surface area contributed by atoms with Gasteiger partial charge in [0, 0.05) is 31.9 Å². The van der Waals surface area contributed by atoms with E-state index in [1.807, 2.05) is 59.5 Å². The summed E-state index contributed by atoms with van der Waals surface area (Å²) in [5.41, 5.74) is 3.59. The van der Waals surface area contributed by atoms with E-state index in [9.17, 15) is 14.4 Å². The molecule has 4 rings (SSSR count). The highest BCUT2D eigenvalue weighted by Gasteiger charge is 2.28. The van der Waals surface area contributed by atoms with Crippen molar-refractivity contribution in [3.05, 3.63) is 71.4 Å². The monoisotopic (exact) mass is 417 g/mol. The van der Waals surface area contributed by atoms with E-state index in [0.29, 0.717) is 12.1 Å². The Labute approximate surface area is 182 Å². The Balaban J connectivity index is 1.39. The Morgan fingerprint density at radius 3 is 2.42 bits per heavy atom. The van der Waals surface area contributed by atoms with Crippen molar-refractivity contribution in [3.8, 4) is 0 Å². The van der Waals surface area contributed by atoms with E-state index >= 15 is 0 Å². The highest BCUT2D eigenvalue weighted by molar-refractivity contribution is 5.92. The molecule has 0 spiro atoms. The molecule has 160 valence electrons. The Kier molecular flexibility index (Phi) is 6.16. The Hall–Kier alpha value is -3.41. The highest BCUT2D eigenvalue weighted by Crippen LogP contribution is 2.33. The molecule has 6 heteroatoms. The van der Waals surface area contributed by atoms with E-state index in [0.717, 1.165) is 42.6 Å². The van der Waals surface area contributed by atoms with Crippen molar-refractivity contribution in [1.82, 2.24) is 9.80 Å². The second-order valence-electron chi connectivity index (χ2n) is 8.10. The molecular formula is C25H27N3O3.